The van der Waals surface area contributed by atoms with Crippen LogP contribution in [0, 0.1) is 6.92 Å². The fraction of sp³-hybridized carbons (Fsp3) is 0.143. The lowest BCUT2D eigenvalue weighted by Crippen LogP contribution is -2.21. The van der Waals surface area contributed by atoms with Crippen LogP contribution in [0.25, 0.3) is 0 Å². The molecule has 6 heteroatoms. The van der Waals surface area contributed by atoms with Gasteiger partial charge in [-0.1, -0.05) is 17.7 Å². The lowest BCUT2D eigenvalue weighted by Gasteiger charge is -2.12. The maximum atomic E-state index is 12.0. The van der Waals surface area contributed by atoms with Gasteiger partial charge in [0.1, 0.15) is 11.6 Å². The zero-order valence-electron chi connectivity index (χ0n) is 11.1. The number of rotatable bonds is 3. The van der Waals surface area contributed by atoms with Crippen molar-refractivity contribution in [1.29, 1.82) is 0 Å². The molecule has 0 saturated carbocycles. The molecule has 1 heterocycles. The van der Waals surface area contributed by atoms with E-state index in [1.807, 2.05) is 13.0 Å². The van der Waals surface area contributed by atoms with E-state index < -0.39 is 6.03 Å². The van der Waals surface area contributed by atoms with Gasteiger partial charge in [-0.2, -0.15) is 0 Å². The first kappa shape index (κ1) is 14.1. The summed E-state index contributed by atoms with van der Waals surface area (Å²) in [7, 11) is 1.52. The summed E-state index contributed by atoms with van der Waals surface area (Å²) in [6.07, 6.45) is 1.61. The Morgan fingerprint density at radius 1 is 1.30 bits per heavy atom. The number of benzene rings is 1. The molecule has 1 aromatic carbocycles. The van der Waals surface area contributed by atoms with E-state index in [1.165, 1.54) is 7.11 Å². The van der Waals surface area contributed by atoms with Crippen LogP contribution in [0.3, 0.4) is 0 Å². The number of hydrogen-bond donors (Lipinski definition) is 2. The van der Waals surface area contributed by atoms with Crippen LogP contribution in [-0.2, 0) is 0 Å². The number of pyridine rings is 1. The number of carbonyl (C=O) groups excluding carboxylic acids is 1. The molecule has 1 aromatic heterocycles. The van der Waals surface area contributed by atoms with Gasteiger partial charge in [-0.25, -0.2) is 9.78 Å². The molecule has 0 radical (unpaired) electrons. The minimum Gasteiger partial charge on any atom is -0.495 e. The number of anilines is 2. The average Bonchev–Trinajstić information content (AvgIpc) is 2.41. The van der Waals surface area contributed by atoms with Gasteiger partial charge < -0.3 is 10.1 Å². The summed E-state index contributed by atoms with van der Waals surface area (Å²) in [4.78, 5) is 16.0. The minimum atomic E-state index is -0.410. The van der Waals surface area contributed by atoms with Crippen molar-refractivity contribution in [3.63, 3.8) is 0 Å². The molecule has 0 saturated heterocycles. The summed E-state index contributed by atoms with van der Waals surface area (Å²) in [6.45, 7) is 1.86. The number of hydrogen-bond acceptors (Lipinski definition) is 3. The van der Waals surface area contributed by atoms with E-state index in [4.69, 9.17) is 16.3 Å². The molecule has 2 amide bonds. The molecule has 0 bridgehead atoms. The Kier molecular flexibility index (Phi) is 4.42. The third-order valence-electron chi connectivity index (χ3n) is 2.65. The predicted molar refractivity (Wildman–Crippen MR) is 79.6 cm³/mol. The van der Waals surface area contributed by atoms with E-state index in [1.54, 1.807) is 30.5 Å². The zero-order chi connectivity index (χ0) is 14.5. The molecule has 104 valence electrons. The number of ether oxygens (including phenoxy) is 1. The Morgan fingerprint density at radius 2 is 2.10 bits per heavy atom. The third-order valence-corrected chi connectivity index (χ3v) is 2.89. The first-order valence-electron chi connectivity index (χ1n) is 5.93. The molecular formula is C14H14ClN3O2. The van der Waals surface area contributed by atoms with Crippen LogP contribution in [0.4, 0.5) is 16.3 Å². The second kappa shape index (κ2) is 6.25. The summed E-state index contributed by atoms with van der Waals surface area (Å²) in [5.74, 6) is 1.04. The minimum absolute atomic E-state index is 0.410. The number of nitrogens with one attached hydrogen (secondary N) is 2. The van der Waals surface area contributed by atoms with Gasteiger partial charge in [0.2, 0.25) is 0 Å². The topological polar surface area (TPSA) is 63.2 Å². The highest BCUT2D eigenvalue weighted by Gasteiger charge is 2.09. The molecule has 0 atom stereocenters. The van der Waals surface area contributed by atoms with Gasteiger partial charge >= 0.3 is 6.03 Å². The summed E-state index contributed by atoms with van der Waals surface area (Å²) in [5.41, 5.74) is 1.37. The molecule has 2 N–H and O–H groups in total. The van der Waals surface area contributed by atoms with E-state index in [0.717, 1.165) is 5.56 Å². The SMILES string of the molecule is COc1ccc(Cl)cc1NC(=O)Nc1ncccc1C. The van der Waals surface area contributed by atoms with Crippen molar-refractivity contribution in [2.45, 2.75) is 6.92 Å². The quantitative estimate of drug-likeness (QED) is 0.906. The molecule has 20 heavy (non-hydrogen) atoms. The van der Waals surface area contributed by atoms with Gasteiger partial charge in [-0.3, -0.25) is 5.32 Å². The fourth-order valence-corrected chi connectivity index (χ4v) is 1.83. The summed E-state index contributed by atoms with van der Waals surface area (Å²) in [5, 5.41) is 5.86. The van der Waals surface area contributed by atoms with E-state index in [2.05, 4.69) is 15.6 Å². The third kappa shape index (κ3) is 3.39. The second-order valence-electron chi connectivity index (χ2n) is 4.09. The van der Waals surface area contributed by atoms with Crippen molar-refractivity contribution in [3.05, 3.63) is 47.1 Å². The predicted octanol–water partition coefficient (Wildman–Crippen LogP) is 3.70. The van der Waals surface area contributed by atoms with Crippen LogP contribution in [0.15, 0.2) is 36.5 Å². The molecule has 0 aliphatic rings. The summed E-state index contributed by atoms with van der Waals surface area (Å²) >= 11 is 5.90. The Hall–Kier alpha value is -2.27. The maximum Gasteiger partial charge on any atom is 0.324 e. The van der Waals surface area contributed by atoms with Gasteiger partial charge in [0.05, 0.1) is 12.8 Å². The number of aromatic nitrogens is 1. The van der Waals surface area contributed by atoms with Gasteiger partial charge in [-0.15, -0.1) is 0 Å². The smallest absolute Gasteiger partial charge is 0.324 e. The van der Waals surface area contributed by atoms with Crippen molar-refractivity contribution >= 4 is 29.1 Å². The molecule has 0 fully saturated rings. The van der Waals surface area contributed by atoms with E-state index in [9.17, 15) is 4.79 Å². The van der Waals surface area contributed by atoms with Crippen LogP contribution in [0.2, 0.25) is 5.02 Å². The number of methoxy groups -OCH3 is 1. The monoisotopic (exact) mass is 291 g/mol. The second-order valence-corrected chi connectivity index (χ2v) is 4.53. The number of amides is 2. The zero-order valence-corrected chi connectivity index (χ0v) is 11.9. The van der Waals surface area contributed by atoms with E-state index in [0.29, 0.717) is 22.3 Å². The molecular weight excluding hydrogens is 278 g/mol. The van der Waals surface area contributed by atoms with Gasteiger partial charge in [0.15, 0.2) is 0 Å². The fourth-order valence-electron chi connectivity index (χ4n) is 1.66. The number of halogens is 1. The number of aryl methyl sites for hydroxylation is 1. The van der Waals surface area contributed by atoms with Crippen LogP contribution >= 0.6 is 11.6 Å². The highest BCUT2D eigenvalue weighted by molar-refractivity contribution is 6.31. The Labute approximate surface area is 121 Å². The lowest BCUT2D eigenvalue weighted by atomic mass is 10.3. The lowest BCUT2D eigenvalue weighted by molar-refractivity contribution is 0.262. The van der Waals surface area contributed by atoms with Crippen molar-refractivity contribution in [3.8, 4) is 5.75 Å². The number of urea groups is 1. The van der Waals surface area contributed by atoms with Crippen LogP contribution in [0.5, 0.6) is 5.75 Å². The van der Waals surface area contributed by atoms with E-state index >= 15 is 0 Å². The first-order valence-corrected chi connectivity index (χ1v) is 6.31. The highest BCUT2D eigenvalue weighted by atomic mass is 35.5. The van der Waals surface area contributed by atoms with E-state index in [-0.39, 0.29) is 0 Å². The molecule has 0 aliphatic carbocycles. The van der Waals surface area contributed by atoms with Gasteiger partial charge in [0.25, 0.3) is 0 Å². The Bertz CT molecular complexity index is 632. The van der Waals surface area contributed by atoms with Crippen LogP contribution < -0.4 is 15.4 Å². The van der Waals surface area contributed by atoms with Crippen molar-refractivity contribution in [2.24, 2.45) is 0 Å². The Balaban J connectivity index is 2.12. The standard InChI is InChI=1S/C14H14ClN3O2/c1-9-4-3-7-16-13(9)18-14(19)17-11-8-10(15)5-6-12(11)20-2/h3-8H,1-2H3,(H2,16,17,18,19). The average molecular weight is 292 g/mol. The number of nitrogens with zero attached hydrogens (tertiary/aromatic N) is 1. The highest BCUT2D eigenvalue weighted by Crippen LogP contribution is 2.27. The molecule has 0 unspecified atom stereocenters. The molecule has 2 aromatic rings. The van der Waals surface area contributed by atoms with Crippen molar-refractivity contribution in [2.75, 3.05) is 17.7 Å². The summed E-state index contributed by atoms with van der Waals surface area (Å²) in [6, 6.07) is 8.25. The summed E-state index contributed by atoms with van der Waals surface area (Å²) < 4.78 is 5.16. The van der Waals surface area contributed by atoms with Crippen LogP contribution in [-0.4, -0.2) is 18.1 Å². The normalized spacial score (nSPS) is 9.95. The van der Waals surface area contributed by atoms with Crippen LogP contribution in [0.1, 0.15) is 5.56 Å². The van der Waals surface area contributed by atoms with Gasteiger partial charge in [0, 0.05) is 11.2 Å². The molecule has 2 rings (SSSR count). The van der Waals surface area contributed by atoms with Crippen molar-refractivity contribution < 1.29 is 9.53 Å². The molecule has 0 aliphatic heterocycles. The molecule has 0 spiro atoms. The van der Waals surface area contributed by atoms with Crippen molar-refractivity contribution in [1.82, 2.24) is 4.98 Å². The maximum absolute atomic E-state index is 12.0. The number of carbonyl (C=O) groups is 1. The largest absolute Gasteiger partial charge is 0.495 e. The molecule has 5 nitrogen and oxygen atoms in total. The first-order chi connectivity index (χ1) is 9.60. The Morgan fingerprint density at radius 3 is 2.80 bits per heavy atom. The van der Waals surface area contributed by atoms with Gasteiger partial charge in [-0.05, 0) is 36.8 Å².